The van der Waals surface area contributed by atoms with Crippen molar-refractivity contribution in [2.24, 2.45) is 10.7 Å². The van der Waals surface area contributed by atoms with Crippen LogP contribution in [0.2, 0.25) is 0 Å². The van der Waals surface area contributed by atoms with Gasteiger partial charge in [-0.1, -0.05) is 12.1 Å². The second-order valence-electron chi connectivity index (χ2n) is 4.58. The van der Waals surface area contributed by atoms with Gasteiger partial charge in [-0.3, -0.25) is 9.38 Å². The lowest BCUT2D eigenvalue weighted by molar-refractivity contribution is 0.477. The van der Waals surface area contributed by atoms with Crippen molar-refractivity contribution in [1.29, 1.82) is 0 Å². The predicted molar refractivity (Wildman–Crippen MR) is 73.8 cm³/mol. The van der Waals surface area contributed by atoms with Crippen LogP contribution in [-0.4, -0.2) is 19.2 Å². The molecule has 0 saturated carbocycles. The highest BCUT2D eigenvalue weighted by Gasteiger charge is 2.12. The van der Waals surface area contributed by atoms with Gasteiger partial charge in [0.25, 0.3) is 0 Å². The van der Waals surface area contributed by atoms with Crippen molar-refractivity contribution in [3.05, 3.63) is 29.3 Å². The van der Waals surface area contributed by atoms with E-state index in [9.17, 15) is 4.39 Å². The van der Waals surface area contributed by atoms with Crippen molar-refractivity contribution >= 4 is 11.6 Å². The van der Waals surface area contributed by atoms with Gasteiger partial charge >= 0.3 is 0 Å². The van der Waals surface area contributed by atoms with Crippen LogP contribution in [0, 0.1) is 0 Å². The molecule has 2 rings (SSSR count). The Bertz CT molecular complexity index is 429. The molecule has 0 radical (unpaired) electrons. The van der Waals surface area contributed by atoms with E-state index in [1.165, 1.54) is 24.0 Å². The molecule has 1 aliphatic rings. The first-order chi connectivity index (χ1) is 8.81. The van der Waals surface area contributed by atoms with Gasteiger partial charge in [-0.2, -0.15) is 0 Å². The number of anilines is 1. The van der Waals surface area contributed by atoms with Crippen molar-refractivity contribution in [2.75, 3.05) is 18.5 Å². The van der Waals surface area contributed by atoms with Crippen LogP contribution < -0.4 is 11.1 Å². The third-order valence-corrected chi connectivity index (χ3v) is 3.23. The summed E-state index contributed by atoms with van der Waals surface area (Å²) in [5, 5.41) is 3.13. The van der Waals surface area contributed by atoms with Crippen molar-refractivity contribution in [1.82, 2.24) is 0 Å². The minimum atomic E-state index is -0.350. The van der Waals surface area contributed by atoms with Crippen molar-refractivity contribution in [3.8, 4) is 0 Å². The van der Waals surface area contributed by atoms with E-state index in [0.717, 1.165) is 18.5 Å². The molecule has 1 aromatic rings. The van der Waals surface area contributed by atoms with Gasteiger partial charge in [-0.25, -0.2) is 0 Å². The van der Waals surface area contributed by atoms with Crippen LogP contribution in [0.25, 0.3) is 0 Å². The fraction of sp³-hybridized carbons (Fsp3) is 0.500. The van der Waals surface area contributed by atoms with E-state index < -0.39 is 0 Å². The fourth-order valence-electron chi connectivity index (χ4n) is 2.34. The second kappa shape index (κ2) is 6.38. The number of halogens is 1. The standard InChI is InChI=1S/C14H20FN3/c15-9-4-10-17-14(16)18-13-8-3-6-11-5-1-2-7-12(11)13/h3,6,8H,1-2,4-5,7,9-10H2,(H3,16,17,18). The van der Waals surface area contributed by atoms with Gasteiger partial charge in [0.05, 0.1) is 6.67 Å². The van der Waals surface area contributed by atoms with Gasteiger partial charge in [0, 0.05) is 12.2 Å². The summed E-state index contributed by atoms with van der Waals surface area (Å²) in [7, 11) is 0. The summed E-state index contributed by atoms with van der Waals surface area (Å²) in [5.74, 6) is 0.377. The quantitative estimate of drug-likeness (QED) is 0.489. The van der Waals surface area contributed by atoms with Gasteiger partial charge in [0.15, 0.2) is 5.96 Å². The first-order valence-corrected chi connectivity index (χ1v) is 6.55. The molecule has 3 nitrogen and oxygen atoms in total. The maximum absolute atomic E-state index is 12.0. The minimum absolute atomic E-state index is 0.350. The van der Waals surface area contributed by atoms with Gasteiger partial charge < -0.3 is 11.1 Å². The smallest absolute Gasteiger partial charge is 0.193 e. The number of hydrogen-bond acceptors (Lipinski definition) is 1. The predicted octanol–water partition coefficient (Wildman–Crippen LogP) is 2.65. The Morgan fingerprint density at radius 2 is 2.17 bits per heavy atom. The summed E-state index contributed by atoms with van der Waals surface area (Å²) in [5.41, 5.74) is 9.61. The molecule has 0 aliphatic heterocycles. The van der Waals surface area contributed by atoms with Crippen LogP contribution in [0.4, 0.5) is 10.1 Å². The average molecular weight is 249 g/mol. The van der Waals surface area contributed by atoms with E-state index in [0.29, 0.717) is 18.9 Å². The van der Waals surface area contributed by atoms with Crippen LogP contribution >= 0.6 is 0 Å². The number of nitrogens with one attached hydrogen (secondary N) is 1. The number of nitrogens with two attached hydrogens (primary N) is 1. The molecule has 0 bridgehead atoms. The highest BCUT2D eigenvalue weighted by molar-refractivity contribution is 5.93. The third kappa shape index (κ3) is 3.22. The van der Waals surface area contributed by atoms with Gasteiger partial charge in [0.2, 0.25) is 0 Å². The molecular weight excluding hydrogens is 229 g/mol. The number of rotatable bonds is 4. The van der Waals surface area contributed by atoms with E-state index in [4.69, 9.17) is 5.73 Å². The van der Waals surface area contributed by atoms with Crippen molar-refractivity contribution < 1.29 is 4.39 Å². The number of fused-ring (bicyclic) bond motifs is 1. The third-order valence-electron chi connectivity index (χ3n) is 3.23. The molecule has 1 aromatic carbocycles. The molecular formula is C14H20FN3. The molecule has 98 valence electrons. The first-order valence-electron chi connectivity index (χ1n) is 6.55. The van der Waals surface area contributed by atoms with Crippen LogP contribution in [0.15, 0.2) is 23.2 Å². The number of hydrogen-bond donors (Lipinski definition) is 2. The molecule has 0 amide bonds. The van der Waals surface area contributed by atoms with Gasteiger partial charge in [-0.15, -0.1) is 0 Å². The molecule has 0 fully saturated rings. The van der Waals surface area contributed by atoms with Crippen LogP contribution in [0.1, 0.15) is 30.4 Å². The summed E-state index contributed by atoms with van der Waals surface area (Å²) < 4.78 is 12.0. The molecule has 18 heavy (non-hydrogen) atoms. The van der Waals surface area contributed by atoms with Crippen LogP contribution in [0.3, 0.4) is 0 Å². The number of nitrogens with zero attached hydrogens (tertiary/aromatic N) is 1. The van der Waals surface area contributed by atoms with E-state index in [-0.39, 0.29) is 6.67 Å². The zero-order valence-corrected chi connectivity index (χ0v) is 10.6. The molecule has 0 saturated heterocycles. The summed E-state index contributed by atoms with van der Waals surface area (Å²) in [6.45, 7) is 0.0852. The molecule has 0 aromatic heterocycles. The zero-order valence-electron chi connectivity index (χ0n) is 10.6. The number of aliphatic imine (C=N–C) groups is 1. The normalized spacial score (nSPS) is 15.3. The molecule has 0 spiro atoms. The lowest BCUT2D eigenvalue weighted by Gasteiger charge is -2.19. The topological polar surface area (TPSA) is 50.4 Å². The largest absolute Gasteiger partial charge is 0.370 e. The Kier molecular flexibility index (Phi) is 4.56. The summed E-state index contributed by atoms with van der Waals surface area (Å²) in [6.07, 6.45) is 5.15. The first kappa shape index (κ1) is 12.9. The number of benzene rings is 1. The minimum Gasteiger partial charge on any atom is -0.370 e. The van der Waals surface area contributed by atoms with Gasteiger partial charge in [0.1, 0.15) is 0 Å². The maximum Gasteiger partial charge on any atom is 0.193 e. The lowest BCUT2D eigenvalue weighted by Crippen LogP contribution is -2.24. The van der Waals surface area contributed by atoms with E-state index >= 15 is 0 Å². The zero-order chi connectivity index (χ0) is 12.8. The number of guanidine groups is 1. The summed E-state index contributed by atoms with van der Waals surface area (Å²) in [6, 6.07) is 6.25. The Hall–Kier alpha value is -1.58. The van der Waals surface area contributed by atoms with Crippen molar-refractivity contribution in [2.45, 2.75) is 32.1 Å². The highest BCUT2D eigenvalue weighted by Crippen LogP contribution is 2.27. The molecule has 3 N–H and O–H groups in total. The number of alkyl halides is 1. The highest BCUT2D eigenvalue weighted by atomic mass is 19.1. The molecule has 0 heterocycles. The summed E-state index contributed by atoms with van der Waals surface area (Å²) >= 11 is 0. The van der Waals surface area contributed by atoms with Crippen LogP contribution in [0.5, 0.6) is 0 Å². The Morgan fingerprint density at radius 3 is 3.00 bits per heavy atom. The lowest BCUT2D eigenvalue weighted by atomic mass is 9.90. The second-order valence-corrected chi connectivity index (χ2v) is 4.58. The Labute approximate surface area is 107 Å². The van der Waals surface area contributed by atoms with Gasteiger partial charge in [-0.05, 0) is 49.3 Å². The van der Waals surface area contributed by atoms with E-state index in [1.807, 2.05) is 12.1 Å². The molecule has 0 atom stereocenters. The SMILES string of the molecule is NC(=NCCCF)Nc1cccc2c1CCCC2. The Balaban J connectivity index is 2.07. The monoisotopic (exact) mass is 249 g/mol. The molecule has 1 aliphatic carbocycles. The maximum atomic E-state index is 12.0. The number of aryl methyl sites for hydroxylation is 1. The average Bonchev–Trinajstić information content (AvgIpc) is 2.39. The molecule has 0 unspecified atom stereocenters. The summed E-state index contributed by atoms with van der Waals surface area (Å²) in [4.78, 5) is 4.10. The fourth-order valence-corrected chi connectivity index (χ4v) is 2.34. The van der Waals surface area contributed by atoms with E-state index in [2.05, 4.69) is 16.4 Å². The van der Waals surface area contributed by atoms with Crippen molar-refractivity contribution in [3.63, 3.8) is 0 Å². The molecule has 4 heteroatoms. The van der Waals surface area contributed by atoms with E-state index in [1.54, 1.807) is 0 Å². The Morgan fingerprint density at radius 1 is 1.33 bits per heavy atom. The van der Waals surface area contributed by atoms with Crippen LogP contribution in [-0.2, 0) is 12.8 Å².